The van der Waals surface area contributed by atoms with Crippen LogP contribution in [0, 0.1) is 22.7 Å². The van der Waals surface area contributed by atoms with Crippen molar-refractivity contribution in [1.82, 2.24) is 9.88 Å². The van der Waals surface area contributed by atoms with Gasteiger partial charge in [-0.25, -0.2) is 4.98 Å². The maximum Gasteiger partial charge on any atom is 0.185 e. The Hall–Kier alpha value is -0.650. The van der Waals surface area contributed by atoms with Crippen molar-refractivity contribution >= 4 is 16.5 Å². The summed E-state index contributed by atoms with van der Waals surface area (Å²) in [6.07, 6.45) is 6.77. The molecule has 1 saturated heterocycles. The van der Waals surface area contributed by atoms with Crippen LogP contribution in [0.15, 0.2) is 5.38 Å². The van der Waals surface area contributed by atoms with Gasteiger partial charge in [-0.05, 0) is 54.8 Å². The molecule has 0 spiro atoms. The summed E-state index contributed by atoms with van der Waals surface area (Å²) in [5, 5.41) is 12.7. The molecule has 1 aromatic heterocycles. The van der Waals surface area contributed by atoms with E-state index < -0.39 is 0 Å². The minimum atomic E-state index is 0.262. The molecule has 1 aliphatic heterocycles. The van der Waals surface area contributed by atoms with Crippen molar-refractivity contribution in [3.8, 4) is 0 Å². The number of hydrogen-bond donors (Lipinski definition) is 1. The quantitative estimate of drug-likeness (QED) is 0.794. The lowest BCUT2D eigenvalue weighted by molar-refractivity contribution is -0.0501. The Balaban J connectivity index is 1.42. The summed E-state index contributed by atoms with van der Waals surface area (Å²) in [7, 11) is 0. The molecule has 0 radical (unpaired) electrons. The van der Waals surface area contributed by atoms with Crippen molar-refractivity contribution < 1.29 is 5.11 Å². The SMILES string of the molecule is CC1(C)CCC(C)(C)C2CC(c3csc(N4CCN(CCO)CC4)n3)CCC21. The van der Waals surface area contributed by atoms with Crippen molar-refractivity contribution in [2.75, 3.05) is 44.2 Å². The van der Waals surface area contributed by atoms with Gasteiger partial charge in [0.2, 0.25) is 0 Å². The molecule has 0 aromatic carbocycles. The molecule has 1 aromatic rings. The molecule has 158 valence electrons. The van der Waals surface area contributed by atoms with E-state index in [1.807, 2.05) is 11.3 Å². The van der Waals surface area contributed by atoms with Gasteiger partial charge >= 0.3 is 0 Å². The standard InChI is InChI=1S/C23H39N3OS/c1-22(2)7-8-23(3,4)19-15-17(5-6-18(19)22)20-16-28-21(24-20)26-11-9-25(10-12-26)13-14-27/h16-19,27H,5-15H2,1-4H3. The summed E-state index contributed by atoms with van der Waals surface area (Å²) in [6.45, 7) is 15.2. The lowest BCUT2D eigenvalue weighted by Crippen LogP contribution is -2.47. The molecule has 5 heteroatoms. The van der Waals surface area contributed by atoms with E-state index in [2.05, 4.69) is 42.9 Å². The number of β-amino-alcohol motifs (C(OH)–C–C–N with tert-alkyl or cyclic N) is 1. The van der Waals surface area contributed by atoms with Gasteiger partial charge in [0.1, 0.15) is 0 Å². The first-order chi connectivity index (χ1) is 13.3. The summed E-state index contributed by atoms with van der Waals surface area (Å²) in [5.74, 6) is 2.36. The van der Waals surface area contributed by atoms with Crippen molar-refractivity contribution in [2.24, 2.45) is 22.7 Å². The Morgan fingerprint density at radius 2 is 1.71 bits per heavy atom. The van der Waals surface area contributed by atoms with Gasteiger partial charge in [0, 0.05) is 44.0 Å². The molecule has 3 unspecified atom stereocenters. The third-order valence-electron chi connectivity index (χ3n) is 8.26. The van der Waals surface area contributed by atoms with Crippen LogP contribution < -0.4 is 4.90 Å². The smallest absolute Gasteiger partial charge is 0.185 e. The summed E-state index contributed by atoms with van der Waals surface area (Å²) >= 11 is 1.84. The van der Waals surface area contributed by atoms with Crippen LogP contribution in [0.5, 0.6) is 0 Å². The topological polar surface area (TPSA) is 39.6 Å². The van der Waals surface area contributed by atoms with Crippen molar-refractivity contribution in [3.63, 3.8) is 0 Å². The summed E-state index contributed by atoms with van der Waals surface area (Å²) in [4.78, 5) is 9.92. The second-order valence-corrected chi connectivity index (χ2v) is 11.6. The molecule has 1 N–H and O–H groups in total. The zero-order valence-electron chi connectivity index (χ0n) is 18.3. The van der Waals surface area contributed by atoms with Gasteiger partial charge in [0.25, 0.3) is 0 Å². The summed E-state index contributed by atoms with van der Waals surface area (Å²) < 4.78 is 0. The number of aliphatic hydroxyl groups excluding tert-OH is 1. The molecule has 0 bridgehead atoms. The fraction of sp³-hybridized carbons (Fsp3) is 0.870. The molecule has 28 heavy (non-hydrogen) atoms. The number of piperazine rings is 1. The van der Waals surface area contributed by atoms with Gasteiger partial charge in [-0.2, -0.15) is 0 Å². The predicted molar refractivity (Wildman–Crippen MR) is 118 cm³/mol. The van der Waals surface area contributed by atoms with Gasteiger partial charge < -0.3 is 10.0 Å². The molecule has 3 fully saturated rings. The van der Waals surface area contributed by atoms with E-state index in [9.17, 15) is 0 Å². The highest BCUT2D eigenvalue weighted by Crippen LogP contribution is 2.59. The highest BCUT2D eigenvalue weighted by Gasteiger charge is 2.50. The van der Waals surface area contributed by atoms with Crippen LogP contribution in [0.4, 0.5) is 5.13 Å². The Kier molecular flexibility index (Phi) is 5.80. The minimum absolute atomic E-state index is 0.262. The fourth-order valence-electron chi connectivity index (χ4n) is 6.17. The van der Waals surface area contributed by atoms with Crippen LogP contribution in [0.3, 0.4) is 0 Å². The van der Waals surface area contributed by atoms with E-state index in [1.54, 1.807) is 0 Å². The van der Waals surface area contributed by atoms with Crippen LogP contribution >= 0.6 is 11.3 Å². The van der Waals surface area contributed by atoms with Crippen LogP contribution in [0.25, 0.3) is 0 Å². The molecular formula is C23H39N3OS. The van der Waals surface area contributed by atoms with Crippen molar-refractivity contribution in [3.05, 3.63) is 11.1 Å². The predicted octanol–water partition coefficient (Wildman–Crippen LogP) is 4.60. The number of rotatable bonds is 4. The number of aromatic nitrogens is 1. The zero-order chi connectivity index (χ0) is 19.9. The number of thiazole rings is 1. The number of hydrogen-bond acceptors (Lipinski definition) is 5. The lowest BCUT2D eigenvalue weighted by Gasteiger charge is -2.55. The highest BCUT2D eigenvalue weighted by molar-refractivity contribution is 7.13. The Bertz CT molecular complexity index is 663. The highest BCUT2D eigenvalue weighted by atomic mass is 32.1. The number of aliphatic hydroxyl groups is 1. The average molecular weight is 406 g/mol. The van der Waals surface area contributed by atoms with Crippen molar-refractivity contribution in [1.29, 1.82) is 0 Å². The Labute approximate surface area is 175 Å². The first kappa shape index (κ1) is 20.6. The molecule has 3 atom stereocenters. The summed E-state index contributed by atoms with van der Waals surface area (Å²) in [5.41, 5.74) is 2.34. The zero-order valence-corrected chi connectivity index (χ0v) is 19.1. The maximum atomic E-state index is 9.13. The van der Waals surface area contributed by atoms with Gasteiger partial charge in [-0.1, -0.05) is 27.7 Å². The van der Waals surface area contributed by atoms with Gasteiger partial charge in [-0.3, -0.25) is 4.90 Å². The molecule has 4 nitrogen and oxygen atoms in total. The second-order valence-electron chi connectivity index (χ2n) is 10.8. The molecule has 2 saturated carbocycles. The van der Waals surface area contributed by atoms with E-state index in [-0.39, 0.29) is 6.61 Å². The molecule has 3 aliphatic rings. The first-order valence-corrected chi connectivity index (χ1v) is 12.2. The lowest BCUT2D eigenvalue weighted by atomic mass is 9.49. The first-order valence-electron chi connectivity index (χ1n) is 11.3. The van der Waals surface area contributed by atoms with Gasteiger partial charge in [0.15, 0.2) is 5.13 Å². The number of anilines is 1. The Morgan fingerprint density at radius 1 is 1.04 bits per heavy atom. The third-order valence-corrected chi connectivity index (χ3v) is 9.18. The number of fused-ring (bicyclic) bond motifs is 1. The van der Waals surface area contributed by atoms with Crippen LogP contribution in [0.1, 0.15) is 71.4 Å². The second kappa shape index (κ2) is 7.88. The average Bonchev–Trinajstić information content (AvgIpc) is 3.16. The minimum Gasteiger partial charge on any atom is -0.395 e. The van der Waals surface area contributed by atoms with E-state index >= 15 is 0 Å². The maximum absolute atomic E-state index is 9.13. The molecule has 2 aliphatic carbocycles. The van der Waals surface area contributed by atoms with Gasteiger partial charge in [-0.15, -0.1) is 11.3 Å². The molecule has 0 amide bonds. The van der Waals surface area contributed by atoms with Crippen molar-refractivity contribution in [2.45, 2.75) is 65.7 Å². The van der Waals surface area contributed by atoms with E-state index in [0.717, 1.165) is 44.6 Å². The monoisotopic (exact) mass is 405 g/mol. The van der Waals surface area contributed by atoms with Crippen LogP contribution in [-0.4, -0.2) is 54.3 Å². The fourth-order valence-corrected chi connectivity index (χ4v) is 7.13. The molecular weight excluding hydrogens is 366 g/mol. The van der Waals surface area contributed by atoms with Crippen LogP contribution in [-0.2, 0) is 0 Å². The molecule has 4 rings (SSSR count). The number of nitrogens with zero attached hydrogens (tertiary/aromatic N) is 3. The van der Waals surface area contributed by atoms with E-state index in [0.29, 0.717) is 16.7 Å². The Morgan fingerprint density at radius 3 is 2.39 bits per heavy atom. The third kappa shape index (κ3) is 3.99. The summed E-state index contributed by atoms with van der Waals surface area (Å²) in [6, 6.07) is 0. The van der Waals surface area contributed by atoms with Crippen LogP contribution in [0.2, 0.25) is 0 Å². The largest absolute Gasteiger partial charge is 0.395 e. The molecule has 2 heterocycles. The van der Waals surface area contributed by atoms with E-state index in [1.165, 1.54) is 42.9 Å². The van der Waals surface area contributed by atoms with Gasteiger partial charge in [0.05, 0.1) is 12.3 Å². The van der Waals surface area contributed by atoms with E-state index in [4.69, 9.17) is 10.1 Å². The normalized spacial score (nSPS) is 32.9.